The van der Waals surface area contributed by atoms with Crippen molar-refractivity contribution in [3.8, 4) is 0 Å². The number of nitrogens with one attached hydrogen (secondary N) is 1. The minimum absolute atomic E-state index is 0.302. The maximum atomic E-state index is 12.9. The Kier molecular flexibility index (Phi) is 1.58. The van der Waals surface area contributed by atoms with Crippen LogP contribution in [0.4, 0.5) is 4.39 Å². The molecule has 1 aliphatic heterocycles. The Morgan fingerprint density at radius 3 is 3.27 bits per heavy atom. The van der Waals surface area contributed by atoms with Gasteiger partial charge in [-0.3, -0.25) is 0 Å². The highest BCUT2D eigenvalue weighted by Gasteiger charge is 2.12. The topological polar surface area (TPSA) is 24.9 Å². The Bertz CT molecular complexity index is 273. The van der Waals surface area contributed by atoms with E-state index in [1.165, 1.54) is 6.20 Å². The molecule has 0 unspecified atom stereocenters. The fraction of sp³-hybridized carbons (Fsp3) is 0.375. The van der Waals surface area contributed by atoms with E-state index in [-0.39, 0.29) is 5.95 Å². The van der Waals surface area contributed by atoms with Gasteiger partial charge in [0.05, 0.1) is 0 Å². The first-order chi connectivity index (χ1) is 5.38. The van der Waals surface area contributed by atoms with E-state index < -0.39 is 0 Å². The van der Waals surface area contributed by atoms with Gasteiger partial charge in [0.25, 0.3) is 0 Å². The summed E-state index contributed by atoms with van der Waals surface area (Å²) < 4.78 is 12.9. The first-order valence-electron chi connectivity index (χ1n) is 3.71. The third-order valence-electron chi connectivity index (χ3n) is 1.97. The van der Waals surface area contributed by atoms with Crippen LogP contribution in [-0.2, 0) is 13.0 Å². The Morgan fingerprint density at radius 2 is 2.45 bits per heavy atom. The molecule has 0 saturated heterocycles. The lowest BCUT2D eigenvalue weighted by Crippen LogP contribution is -2.24. The fourth-order valence-corrected chi connectivity index (χ4v) is 1.37. The highest BCUT2D eigenvalue weighted by atomic mass is 19.1. The zero-order valence-electron chi connectivity index (χ0n) is 6.10. The predicted molar refractivity (Wildman–Crippen MR) is 39.6 cm³/mol. The van der Waals surface area contributed by atoms with Crippen LogP contribution in [0.3, 0.4) is 0 Å². The van der Waals surface area contributed by atoms with Crippen LogP contribution in [0.15, 0.2) is 12.3 Å². The van der Waals surface area contributed by atoms with Crippen molar-refractivity contribution in [3.05, 3.63) is 29.3 Å². The summed E-state index contributed by atoms with van der Waals surface area (Å²) in [5.74, 6) is -0.302. The summed E-state index contributed by atoms with van der Waals surface area (Å²) in [6, 6.07) is 1.87. The van der Waals surface area contributed by atoms with E-state index in [4.69, 9.17) is 0 Å². The minimum atomic E-state index is -0.302. The summed E-state index contributed by atoms with van der Waals surface area (Å²) in [7, 11) is 0. The third-order valence-corrected chi connectivity index (χ3v) is 1.97. The summed E-state index contributed by atoms with van der Waals surface area (Å²) in [4.78, 5) is 3.60. The summed E-state index contributed by atoms with van der Waals surface area (Å²) in [6.07, 6.45) is 2.27. The van der Waals surface area contributed by atoms with Crippen LogP contribution >= 0.6 is 0 Å². The van der Waals surface area contributed by atoms with Gasteiger partial charge in [-0.15, -0.1) is 0 Å². The van der Waals surface area contributed by atoms with Gasteiger partial charge >= 0.3 is 0 Å². The quantitative estimate of drug-likeness (QED) is 0.558. The standard InChI is InChI=1S/C8H9FN2/c9-8-7-2-3-10-5-6(7)1-4-11-8/h1,4,10H,2-3,5H2. The number of aromatic nitrogens is 1. The SMILES string of the molecule is Fc1nccc2c1CCNC2. The molecule has 11 heavy (non-hydrogen) atoms. The monoisotopic (exact) mass is 152 g/mol. The van der Waals surface area contributed by atoms with Crippen molar-refractivity contribution in [1.82, 2.24) is 10.3 Å². The average molecular weight is 152 g/mol. The number of rotatable bonds is 0. The number of fused-ring (bicyclic) bond motifs is 1. The van der Waals surface area contributed by atoms with Crippen LogP contribution in [0.1, 0.15) is 11.1 Å². The Morgan fingerprint density at radius 1 is 1.55 bits per heavy atom. The zero-order chi connectivity index (χ0) is 7.68. The molecule has 2 nitrogen and oxygen atoms in total. The molecule has 0 amide bonds. The molecule has 0 spiro atoms. The molecule has 0 aromatic carbocycles. The van der Waals surface area contributed by atoms with Crippen molar-refractivity contribution in [2.24, 2.45) is 0 Å². The van der Waals surface area contributed by atoms with Crippen molar-refractivity contribution in [1.29, 1.82) is 0 Å². The molecule has 0 radical (unpaired) electrons. The van der Waals surface area contributed by atoms with Crippen LogP contribution in [-0.4, -0.2) is 11.5 Å². The zero-order valence-corrected chi connectivity index (χ0v) is 6.10. The van der Waals surface area contributed by atoms with E-state index in [2.05, 4.69) is 10.3 Å². The molecule has 0 bridgehead atoms. The highest BCUT2D eigenvalue weighted by molar-refractivity contribution is 5.26. The summed E-state index contributed by atoms with van der Waals surface area (Å²) >= 11 is 0. The van der Waals surface area contributed by atoms with Gasteiger partial charge in [0.2, 0.25) is 5.95 Å². The Hall–Kier alpha value is -0.960. The Labute approximate surface area is 64.5 Å². The molecule has 0 fully saturated rings. The molecule has 2 heterocycles. The normalized spacial score (nSPS) is 16.1. The number of hydrogen-bond acceptors (Lipinski definition) is 2. The molecule has 1 aliphatic rings. The molecule has 0 aliphatic carbocycles. The van der Waals surface area contributed by atoms with E-state index in [1.807, 2.05) is 6.07 Å². The van der Waals surface area contributed by atoms with E-state index in [0.717, 1.165) is 30.6 Å². The number of pyridine rings is 1. The van der Waals surface area contributed by atoms with Gasteiger partial charge in [0, 0.05) is 18.3 Å². The molecule has 1 aromatic rings. The van der Waals surface area contributed by atoms with Crippen molar-refractivity contribution < 1.29 is 4.39 Å². The molecular weight excluding hydrogens is 143 g/mol. The Balaban J connectivity index is 2.49. The lowest BCUT2D eigenvalue weighted by Gasteiger charge is -2.15. The molecule has 58 valence electrons. The second-order valence-corrected chi connectivity index (χ2v) is 2.67. The number of halogens is 1. The molecule has 0 saturated carbocycles. The fourth-order valence-electron chi connectivity index (χ4n) is 1.37. The van der Waals surface area contributed by atoms with Crippen LogP contribution in [0.5, 0.6) is 0 Å². The average Bonchev–Trinajstić information content (AvgIpc) is 2.06. The van der Waals surface area contributed by atoms with E-state index in [1.54, 1.807) is 0 Å². The van der Waals surface area contributed by atoms with Gasteiger partial charge in [-0.1, -0.05) is 0 Å². The second-order valence-electron chi connectivity index (χ2n) is 2.67. The third kappa shape index (κ3) is 1.12. The van der Waals surface area contributed by atoms with E-state index in [9.17, 15) is 4.39 Å². The maximum absolute atomic E-state index is 12.9. The maximum Gasteiger partial charge on any atom is 0.216 e. The van der Waals surface area contributed by atoms with E-state index in [0.29, 0.717) is 0 Å². The predicted octanol–water partition coefficient (Wildman–Crippen LogP) is 0.866. The second kappa shape index (κ2) is 2.58. The first-order valence-corrected chi connectivity index (χ1v) is 3.71. The lowest BCUT2D eigenvalue weighted by atomic mass is 10.0. The van der Waals surface area contributed by atoms with Gasteiger partial charge in [0.15, 0.2) is 0 Å². The van der Waals surface area contributed by atoms with Crippen LogP contribution in [0, 0.1) is 5.95 Å². The molecule has 1 N–H and O–H groups in total. The minimum Gasteiger partial charge on any atom is -0.312 e. The van der Waals surface area contributed by atoms with Gasteiger partial charge < -0.3 is 5.32 Å². The van der Waals surface area contributed by atoms with Crippen LogP contribution < -0.4 is 5.32 Å². The van der Waals surface area contributed by atoms with Gasteiger partial charge in [-0.05, 0) is 24.6 Å². The molecule has 1 aromatic heterocycles. The summed E-state index contributed by atoms with van der Waals surface area (Å²) in [5.41, 5.74) is 1.83. The molecule has 2 rings (SSSR count). The summed E-state index contributed by atoms with van der Waals surface area (Å²) in [5, 5.41) is 3.17. The highest BCUT2D eigenvalue weighted by Crippen LogP contribution is 2.14. The van der Waals surface area contributed by atoms with Crippen molar-refractivity contribution in [2.45, 2.75) is 13.0 Å². The number of hydrogen-bond donors (Lipinski definition) is 1. The van der Waals surface area contributed by atoms with Crippen molar-refractivity contribution in [3.63, 3.8) is 0 Å². The largest absolute Gasteiger partial charge is 0.312 e. The molecule has 3 heteroatoms. The number of nitrogens with zero attached hydrogens (tertiary/aromatic N) is 1. The van der Waals surface area contributed by atoms with Gasteiger partial charge in [-0.25, -0.2) is 4.98 Å². The van der Waals surface area contributed by atoms with E-state index >= 15 is 0 Å². The van der Waals surface area contributed by atoms with Gasteiger partial charge in [0.1, 0.15) is 0 Å². The molecular formula is C8H9FN2. The van der Waals surface area contributed by atoms with Crippen LogP contribution in [0.2, 0.25) is 0 Å². The molecule has 0 atom stereocenters. The van der Waals surface area contributed by atoms with Crippen LogP contribution in [0.25, 0.3) is 0 Å². The summed E-state index contributed by atoms with van der Waals surface area (Å²) in [6.45, 7) is 1.63. The smallest absolute Gasteiger partial charge is 0.216 e. The first kappa shape index (κ1) is 6.73. The van der Waals surface area contributed by atoms with Crippen molar-refractivity contribution in [2.75, 3.05) is 6.54 Å². The lowest BCUT2D eigenvalue weighted by molar-refractivity contribution is 0.537. The van der Waals surface area contributed by atoms with Gasteiger partial charge in [-0.2, -0.15) is 4.39 Å². The van der Waals surface area contributed by atoms with Crippen molar-refractivity contribution >= 4 is 0 Å².